The number of aromatic nitrogens is 1. The summed E-state index contributed by atoms with van der Waals surface area (Å²) in [7, 11) is 4.11. The maximum atomic E-state index is 14.3. The van der Waals surface area contributed by atoms with Gasteiger partial charge in [-0.15, -0.1) is 0 Å². The van der Waals surface area contributed by atoms with Gasteiger partial charge in [-0.2, -0.15) is 5.26 Å². The molecule has 2 heterocycles. The van der Waals surface area contributed by atoms with Crippen LogP contribution in [0.5, 0.6) is 0 Å². The second kappa shape index (κ2) is 6.70. The predicted octanol–water partition coefficient (Wildman–Crippen LogP) is 4.31. The van der Waals surface area contributed by atoms with Crippen molar-refractivity contribution in [2.75, 3.05) is 14.1 Å². The third-order valence-electron chi connectivity index (χ3n) is 4.77. The molecule has 1 unspecified atom stereocenters. The fourth-order valence-corrected chi connectivity index (χ4v) is 3.52. The summed E-state index contributed by atoms with van der Waals surface area (Å²) in [5.74, 6) is -0.222. The van der Waals surface area contributed by atoms with Crippen LogP contribution in [0.1, 0.15) is 18.1 Å². The zero-order valence-electron chi connectivity index (χ0n) is 14.9. The molecule has 2 aromatic rings. The average molecular weight is 335 g/mol. The Morgan fingerprint density at radius 3 is 2.84 bits per heavy atom. The molecule has 1 aliphatic heterocycles. The Balaban J connectivity index is 2.25. The Labute approximate surface area is 148 Å². The van der Waals surface area contributed by atoms with E-state index in [-0.39, 0.29) is 5.82 Å². The van der Waals surface area contributed by atoms with Crippen molar-refractivity contribution < 1.29 is 4.39 Å². The van der Waals surface area contributed by atoms with Crippen LogP contribution in [-0.2, 0) is 13.0 Å². The number of likely N-dealkylation sites (N-methyl/N-ethyl adjacent to an activating group) is 1. The second-order valence-corrected chi connectivity index (χ2v) is 6.77. The van der Waals surface area contributed by atoms with Crippen molar-refractivity contribution in [2.24, 2.45) is 0 Å². The van der Waals surface area contributed by atoms with Gasteiger partial charge in [0.05, 0.1) is 11.6 Å². The van der Waals surface area contributed by atoms with Gasteiger partial charge in [-0.25, -0.2) is 4.39 Å². The molecule has 0 N–H and O–H groups in total. The number of hydrogen-bond donors (Lipinski definition) is 0. The van der Waals surface area contributed by atoms with Gasteiger partial charge in [0.2, 0.25) is 0 Å². The third-order valence-corrected chi connectivity index (χ3v) is 4.77. The van der Waals surface area contributed by atoms with E-state index in [9.17, 15) is 4.39 Å². The second-order valence-electron chi connectivity index (χ2n) is 6.77. The van der Waals surface area contributed by atoms with Crippen LogP contribution in [0.15, 0.2) is 48.7 Å². The number of benzene rings is 1. The van der Waals surface area contributed by atoms with Crippen LogP contribution in [0.4, 0.5) is 4.39 Å². The highest BCUT2D eigenvalue weighted by molar-refractivity contribution is 5.98. The van der Waals surface area contributed by atoms with Crippen LogP contribution < -0.4 is 0 Å². The highest BCUT2D eigenvalue weighted by atomic mass is 19.1. The van der Waals surface area contributed by atoms with Crippen LogP contribution in [0.3, 0.4) is 0 Å². The van der Waals surface area contributed by atoms with Crippen molar-refractivity contribution in [3.05, 3.63) is 65.7 Å². The summed E-state index contributed by atoms with van der Waals surface area (Å²) in [4.78, 5) is 2.18. The summed E-state index contributed by atoms with van der Waals surface area (Å²) in [5.41, 5.74) is 4.53. The summed E-state index contributed by atoms with van der Waals surface area (Å²) in [5, 5.41) is 10.0. The fraction of sp³-hybridized carbons (Fsp3) is 0.286. The van der Waals surface area contributed by atoms with E-state index < -0.39 is 0 Å². The molecule has 0 aliphatic carbocycles. The van der Waals surface area contributed by atoms with Gasteiger partial charge in [0.1, 0.15) is 5.82 Å². The molecule has 1 aromatic heterocycles. The first kappa shape index (κ1) is 17.2. The van der Waals surface area contributed by atoms with E-state index in [2.05, 4.69) is 42.4 Å². The van der Waals surface area contributed by atoms with Gasteiger partial charge >= 0.3 is 0 Å². The van der Waals surface area contributed by atoms with E-state index in [4.69, 9.17) is 5.26 Å². The number of allylic oxidation sites excluding steroid dienone is 5. The molecule has 0 saturated heterocycles. The minimum absolute atomic E-state index is 0.222. The van der Waals surface area contributed by atoms with Crippen molar-refractivity contribution in [1.29, 1.82) is 5.26 Å². The number of halogens is 1. The lowest BCUT2D eigenvalue weighted by Crippen LogP contribution is -2.36. The van der Waals surface area contributed by atoms with Crippen molar-refractivity contribution in [1.82, 2.24) is 9.47 Å². The topological polar surface area (TPSA) is 32.0 Å². The van der Waals surface area contributed by atoms with Crippen LogP contribution in [0.25, 0.3) is 16.5 Å². The molecule has 25 heavy (non-hydrogen) atoms. The molecule has 128 valence electrons. The largest absolute Gasteiger partial charge is 0.345 e. The molecule has 0 saturated carbocycles. The molecule has 4 heteroatoms. The molecule has 3 rings (SSSR count). The minimum atomic E-state index is -0.222. The Morgan fingerprint density at radius 1 is 1.44 bits per heavy atom. The molecular weight excluding hydrogens is 313 g/mol. The molecule has 3 nitrogen and oxygen atoms in total. The highest BCUT2D eigenvalue weighted by Crippen LogP contribution is 2.35. The molecule has 0 amide bonds. The lowest BCUT2D eigenvalue weighted by Gasteiger charge is -2.29. The summed E-state index contributed by atoms with van der Waals surface area (Å²) < 4.78 is 16.5. The van der Waals surface area contributed by atoms with E-state index in [1.165, 1.54) is 0 Å². The third kappa shape index (κ3) is 3.16. The molecule has 0 radical (unpaired) electrons. The molecule has 0 fully saturated rings. The van der Waals surface area contributed by atoms with Gasteiger partial charge in [0, 0.05) is 35.3 Å². The molecule has 0 bridgehead atoms. The van der Waals surface area contributed by atoms with Gasteiger partial charge in [-0.3, -0.25) is 0 Å². The summed E-state index contributed by atoms with van der Waals surface area (Å²) in [6.07, 6.45) is 8.29. The van der Waals surface area contributed by atoms with Crippen molar-refractivity contribution in [2.45, 2.75) is 25.9 Å². The Kier molecular flexibility index (Phi) is 4.61. The van der Waals surface area contributed by atoms with Gasteiger partial charge in [0.25, 0.3) is 0 Å². The van der Waals surface area contributed by atoms with Crippen LogP contribution >= 0.6 is 0 Å². The first-order chi connectivity index (χ1) is 11.9. The Morgan fingerprint density at radius 2 is 2.20 bits per heavy atom. The van der Waals surface area contributed by atoms with E-state index >= 15 is 0 Å². The smallest absolute Gasteiger partial charge is 0.124 e. The first-order valence-electron chi connectivity index (χ1n) is 8.33. The Hall–Kier alpha value is -2.64. The van der Waals surface area contributed by atoms with Crippen molar-refractivity contribution >= 4 is 16.5 Å². The van der Waals surface area contributed by atoms with Gasteiger partial charge in [0.15, 0.2) is 0 Å². The average Bonchev–Trinajstić information content (AvgIpc) is 2.93. The fourth-order valence-electron chi connectivity index (χ4n) is 3.52. The quantitative estimate of drug-likeness (QED) is 0.616. The van der Waals surface area contributed by atoms with Crippen LogP contribution in [0, 0.1) is 17.1 Å². The van der Waals surface area contributed by atoms with Crippen LogP contribution in [0.2, 0.25) is 0 Å². The van der Waals surface area contributed by atoms with E-state index in [1.54, 1.807) is 25.1 Å². The molecular formula is C21H22FN3. The lowest BCUT2D eigenvalue weighted by atomic mass is 9.96. The minimum Gasteiger partial charge on any atom is -0.345 e. The lowest BCUT2D eigenvalue weighted by molar-refractivity contribution is 0.258. The molecule has 1 aromatic carbocycles. The Bertz CT molecular complexity index is 938. The highest BCUT2D eigenvalue weighted by Gasteiger charge is 2.25. The van der Waals surface area contributed by atoms with Gasteiger partial charge in [-0.1, -0.05) is 18.7 Å². The monoisotopic (exact) mass is 335 g/mol. The van der Waals surface area contributed by atoms with Gasteiger partial charge in [-0.05, 0) is 56.8 Å². The standard InChI is InChI=1S/C21H22FN3/c1-5-6-15(7-14(2)11-23)20-13-25-12-18(24(3)4)9-16-8-17(22)10-19(20)21(16)25/h5-8,10,13,18H,1,9,12H2,2-4H3/b14-7+,15-6+. The zero-order chi connectivity index (χ0) is 18.1. The summed E-state index contributed by atoms with van der Waals surface area (Å²) >= 11 is 0. The maximum absolute atomic E-state index is 14.3. The summed E-state index contributed by atoms with van der Waals surface area (Å²) in [6, 6.07) is 5.72. The maximum Gasteiger partial charge on any atom is 0.124 e. The molecule has 1 aliphatic rings. The number of hydrogen-bond acceptors (Lipinski definition) is 2. The molecule has 0 spiro atoms. The van der Waals surface area contributed by atoms with Crippen molar-refractivity contribution in [3.63, 3.8) is 0 Å². The number of nitrogens with zero attached hydrogens (tertiary/aromatic N) is 3. The normalized spacial score (nSPS) is 17.8. The molecule has 1 atom stereocenters. The predicted molar refractivity (Wildman–Crippen MR) is 101 cm³/mol. The van der Waals surface area contributed by atoms with Gasteiger partial charge < -0.3 is 9.47 Å². The van der Waals surface area contributed by atoms with Crippen LogP contribution in [-0.4, -0.2) is 29.6 Å². The number of rotatable bonds is 4. The zero-order valence-corrected chi connectivity index (χ0v) is 14.9. The van der Waals surface area contributed by atoms with E-state index in [0.717, 1.165) is 40.6 Å². The summed E-state index contributed by atoms with van der Waals surface area (Å²) in [6.45, 7) is 6.40. The van der Waals surface area contributed by atoms with Crippen molar-refractivity contribution in [3.8, 4) is 6.07 Å². The first-order valence-corrected chi connectivity index (χ1v) is 8.33. The number of nitriles is 1. The SMILES string of the molecule is C=C/C=C(\C=C(/C)C#N)c1cn2c3c(cc(F)cc13)CC(N(C)C)C2. The van der Waals surface area contributed by atoms with E-state index in [0.29, 0.717) is 11.6 Å². The van der Waals surface area contributed by atoms with E-state index in [1.807, 2.05) is 12.2 Å².